The second kappa shape index (κ2) is 9.06. The third-order valence-corrected chi connectivity index (χ3v) is 3.41. The molecular formula is C18H31NO2. The molecule has 0 amide bonds. The molecule has 0 aliphatic heterocycles. The Bertz CT molecular complexity index is 398. The maximum Gasteiger partial charge on any atom is 0.124 e. The molecule has 1 rings (SSSR count). The van der Waals surface area contributed by atoms with Crippen LogP contribution in [0.3, 0.4) is 0 Å². The number of methoxy groups -OCH3 is 1. The Labute approximate surface area is 130 Å². The highest BCUT2D eigenvalue weighted by Gasteiger charge is 2.18. The fraction of sp³-hybridized carbons (Fsp3) is 0.667. The molecule has 0 aromatic heterocycles. The third kappa shape index (κ3) is 6.96. The highest BCUT2D eigenvalue weighted by Crippen LogP contribution is 2.28. The van der Waals surface area contributed by atoms with E-state index in [9.17, 15) is 0 Å². The van der Waals surface area contributed by atoms with Gasteiger partial charge in [0.2, 0.25) is 0 Å². The molecule has 0 saturated heterocycles. The van der Waals surface area contributed by atoms with Crippen LogP contribution in [0.25, 0.3) is 0 Å². The zero-order valence-electron chi connectivity index (χ0n) is 14.2. The lowest BCUT2D eigenvalue weighted by Gasteiger charge is -2.24. The van der Waals surface area contributed by atoms with Crippen LogP contribution in [0.15, 0.2) is 24.3 Å². The van der Waals surface area contributed by atoms with Crippen LogP contribution in [0, 0.1) is 5.41 Å². The lowest BCUT2D eigenvalue weighted by atomic mass is 9.93. The molecule has 0 fully saturated rings. The number of hydrogen-bond donors (Lipinski definition) is 1. The molecule has 0 saturated carbocycles. The van der Waals surface area contributed by atoms with Gasteiger partial charge in [-0.25, -0.2) is 0 Å². The molecule has 0 bridgehead atoms. The first-order valence-corrected chi connectivity index (χ1v) is 7.93. The first kappa shape index (κ1) is 18.0. The Kier molecular flexibility index (Phi) is 7.76. The van der Waals surface area contributed by atoms with Crippen LogP contribution >= 0.6 is 0 Å². The number of benzene rings is 1. The van der Waals surface area contributed by atoms with Gasteiger partial charge >= 0.3 is 0 Å². The van der Waals surface area contributed by atoms with E-state index in [1.54, 1.807) is 7.11 Å². The molecular weight excluding hydrogens is 262 g/mol. The number of ether oxygens (including phenoxy) is 2. The van der Waals surface area contributed by atoms with Gasteiger partial charge in [0.25, 0.3) is 0 Å². The van der Waals surface area contributed by atoms with Gasteiger partial charge in [0.15, 0.2) is 0 Å². The van der Waals surface area contributed by atoms with E-state index in [0.29, 0.717) is 5.41 Å². The van der Waals surface area contributed by atoms with E-state index in [-0.39, 0.29) is 6.10 Å². The fourth-order valence-electron chi connectivity index (χ4n) is 2.11. The van der Waals surface area contributed by atoms with E-state index in [1.807, 2.05) is 18.2 Å². The Hall–Kier alpha value is -1.06. The Morgan fingerprint density at radius 2 is 1.90 bits per heavy atom. The normalized spacial score (nSPS) is 13.2. The van der Waals surface area contributed by atoms with Gasteiger partial charge in [0.1, 0.15) is 5.75 Å². The zero-order valence-corrected chi connectivity index (χ0v) is 14.2. The maximum absolute atomic E-state index is 6.15. The van der Waals surface area contributed by atoms with Gasteiger partial charge in [-0.3, -0.25) is 0 Å². The molecule has 0 spiro atoms. The van der Waals surface area contributed by atoms with Gasteiger partial charge in [0.05, 0.1) is 13.2 Å². The van der Waals surface area contributed by atoms with Gasteiger partial charge in [-0.05, 0) is 30.9 Å². The average molecular weight is 293 g/mol. The molecule has 0 heterocycles. The highest BCUT2D eigenvalue weighted by molar-refractivity contribution is 5.35. The summed E-state index contributed by atoms with van der Waals surface area (Å²) in [6.45, 7) is 11.5. The predicted octanol–water partition coefficient (Wildman–Crippen LogP) is 4.19. The minimum atomic E-state index is 0.0371. The largest absolute Gasteiger partial charge is 0.496 e. The molecule has 0 aliphatic rings. The van der Waals surface area contributed by atoms with Gasteiger partial charge in [-0.15, -0.1) is 0 Å². The van der Waals surface area contributed by atoms with Crippen molar-refractivity contribution in [1.82, 2.24) is 5.32 Å². The summed E-state index contributed by atoms with van der Waals surface area (Å²) in [7, 11) is 1.71. The van der Waals surface area contributed by atoms with E-state index in [2.05, 4.69) is 39.1 Å². The average Bonchev–Trinajstić information content (AvgIpc) is 2.44. The molecule has 120 valence electrons. The number of nitrogens with one attached hydrogen (secondary N) is 1. The smallest absolute Gasteiger partial charge is 0.124 e. The van der Waals surface area contributed by atoms with E-state index < -0.39 is 0 Å². The lowest BCUT2D eigenvalue weighted by Crippen LogP contribution is -2.25. The molecule has 1 unspecified atom stereocenters. The first-order valence-electron chi connectivity index (χ1n) is 7.93. The van der Waals surface area contributed by atoms with Gasteiger partial charge < -0.3 is 14.8 Å². The van der Waals surface area contributed by atoms with Crippen LogP contribution in [-0.4, -0.2) is 26.8 Å². The van der Waals surface area contributed by atoms with Crippen LogP contribution in [-0.2, 0) is 4.74 Å². The molecule has 1 aromatic rings. The minimum Gasteiger partial charge on any atom is -0.496 e. The predicted molar refractivity (Wildman–Crippen MR) is 88.9 cm³/mol. The first-order chi connectivity index (χ1) is 9.98. The summed E-state index contributed by atoms with van der Waals surface area (Å²) < 4.78 is 11.6. The monoisotopic (exact) mass is 293 g/mol. The second-order valence-corrected chi connectivity index (χ2v) is 6.62. The molecule has 1 atom stereocenters. The van der Waals surface area contributed by atoms with E-state index >= 15 is 0 Å². The van der Waals surface area contributed by atoms with Crippen molar-refractivity contribution in [3.05, 3.63) is 29.8 Å². The molecule has 1 N–H and O–H groups in total. The topological polar surface area (TPSA) is 30.5 Å². The summed E-state index contributed by atoms with van der Waals surface area (Å²) in [5.41, 5.74) is 1.42. The summed E-state index contributed by atoms with van der Waals surface area (Å²) in [5, 5.41) is 3.45. The van der Waals surface area contributed by atoms with Crippen molar-refractivity contribution in [2.24, 2.45) is 5.41 Å². The summed E-state index contributed by atoms with van der Waals surface area (Å²) in [6.07, 6.45) is 2.21. The minimum absolute atomic E-state index is 0.0371. The highest BCUT2D eigenvalue weighted by atomic mass is 16.5. The standard InChI is InChI=1S/C18H31NO2/c1-6-12-19-14-17(21-13-11-18(2,3)4)15-9-7-8-10-16(15)20-5/h7-10,17,19H,6,11-14H2,1-5H3. The van der Waals surface area contributed by atoms with Crippen LogP contribution < -0.4 is 10.1 Å². The van der Waals surface area contributed by atoms with Crippen LogP contribution in [0.5, 0.6) is 5.75 Å². The fourth-order valence-corrected chi connectivity index (χ4v) is 2.11. The second-order valence-electron chi connectivity index (χ2n) is 6.62. The summed E-state index contributed by atoms with van der Waals surface area (Å²) >= 11 is 0. The summed E-state index contributed by atoms with van der Waals surface area (Å²) in [4.78, 5) is 0. The van der Waals surface area contributed by atoms with Gasteiger partial charge in [-0.1, -0.05) is 45.9 Å². The van der Waals surface area contributed by atoms with Gasteiger partial charge in [0, 0.05) is 18.7 Å². The van der Waals surface area contributed by atoms with Crippen molar-refractivity contribution < 1.29 is 9.47 Å². The number of para-hydroxylation sites is 1. The zero-order chi connectivity index (χ0) is 15.7. The van der Waals surface area contributed by atoms with E-state index in [0.717, 1.165) is 43.9 Å². The molecule has 3 nitrogen and oxygen atoms in total. The van der Waals surface area contributed by atoms with Crippen molar-refractivity contribution in [1.29, 1.82) is 0 Å². The third-order valence-electron chi connectivity index (χ3n) is 3.41. The Balaban J connectivity index is 2.71. The lowest BCUT2D eigenvalue weighted by molar-refractivity contribution is 0.0357. The van der Waals surface area contributed by atoms with Crippen molar-refractivity contribution >= 4 is 0 Å². The molecule has 0 aliphatic carbocycles. The van der Waals surface area contributed by atoms with E-state index in [4.69, 9.17) is 9.47 Å². The number of hydrogen-bond acceptors (Lipinski definition) is 3. The van der Waals surface area contributed by atoms with Crippen LogP contribution in [0.4, 0.5) is 0 Å². The van der Waals surface area contributed by atoms with Crippen LogP contribution in [0.2, 0.25) is 0 Å². The molecule has 1 aromatic carbocycles. The SMILES string of the molecule is CCCNCC(OCCC(C)(C)C)c1ccccc1OC. The Morgan fingerprint density at radius 1 is 1.19 bits per heavy atom. The van der Waals surface area contributed by atoms with Gasteiger partial charge in [-0.2, -0.15) is 0 Å². The molecule has 21 heavy (non-hydrogen) atoms. The van der Waals surface area contributed by atoms with E-state index in [1.165, 1.54) is 0 Å². The van der Waals surface area contributed by atoms with Crippen molar-refractivity contribution in [2.75, 3.05) is 26.8 Å². The number of rotatable bonds is 9. The molecule has 3 heteroatoms. The maximum atomic E-state index is 6.15. The molecule has 0 radical (unpaired) electrons. The van der Waals surface area contributed by atoms with Crippen molar-refractivity contribution in [2.45, 2.75) is 46.6 Å². The van der Waals surface area contributed by atoms with Crippen molar-refractivity contribution in [3.8, 4) is 5.75 Å². The summed E-state index contributed by atoms with van der Waals surface area (Å²) in [6, 6.07) is 8.12. The van der Waals surface area contributed by atoms with Crippen LogP contribution in [0.1, 0.15) is 52.2 Å². The Morgan fingerprint density at radius 3 is 2.52 bits per heavy atom. The quantitative estimate of drug-likeness (QED) is 0.693. The summed E-state index contributed by atoms with van der Waals surface area (Å²) in [5.74, 6) is 0.900. The van der Waals surface area contributed by atoms with Crippen molar-refractivity contribution in [3.63, 3.8) is 0 Å².